The molecule has 7 nitrogen and oxygen atoms in total. The Morgan fingerprint density at radius 3 is 2.03 bits per heavy atom. The summed E-state index contributed by atoms with van der Waals surface area (Å²) in [6.07, 6.45) is 0.146. The van der Waals surface area contributed by atoms with E-state index in [0.29, 0.717) is 23.7 Å². The number of esters is 1. The quantitative estimate of drug-likeness (QED) is 0.476. The molecule has 0 fully saturated rings. The first-order valence-corrected chi connectivity index (χ1v) is 11.2. The predicted octanol–water partition coefficient (Wildman–Crippen LogP) is 4.88. The highest BCUT2D eigenvalue weighted by molar-refractivity contribution is 7.99. The number of benzene rings is 3. The molecule has 0 spiro atoms. The summed E-state index contributed by atoms with van der Waals surface area (Å²) in [5, 5.41) is 2.69. The first-order valence-electron chi connectivity index (χ1n) is 10.4. The number of nitrogens with one attached hydrogen (secondary N) is 1. The molecule has 0 saturated heterocycles. The number of para-hydroxylation sites is 2. The zero-order valence-corrected chi connectivity index (χ0v) is 19.2. The van der Waals surface area contributed by atoms with Crippen molar-refractivity contribution in [2.75, 3.05) is 37.6 Å². The Labute approximate surface area is 196 Å². The highest BCUT2D eigenvalue weighted by atomic mass is 32.2. The van der Waals surface area contributed by atoms with E-state index in [1.165, 1.54) is 14.2 Å². The van der Waals surface area contributed by atoms with E-state index in [-0.39, 0.29) is 13.0 Å². The number of carbonyl (C=O) groups is 2. The summed E-state index contributed by atoms with van der Waals surface area (Å²) in [6.45, 7) is 0.0729. The number of ether oxygens (including phenoxy) is 3. The highest BCUT2D eigenvalue weighted by Gasteiger charge is 2.23. The van der Waals surface area contributed by atoms with Crippen LogP contribution in [0.3, 0.4) is 0 Å². The smallest absolute Gasteiger partial charge is 0.308 e. The minimum atomic E-state index is -0.443. The SMILES string of the molecule is COc1cc(NC(=O)COC(=O)CCN2c3ccccc3Sc3ccccc32)cc(OC)c1. The summed E-state index contributed by atoms with van der Waals surface area (Å²) in [5.41, 5.74) is 2.60. The average molecular weight is 465 g/mol. The summed E-state index contributed by atoms with van der Waals surface area (Å²) in [4.78, 5) is 29.0. The summed E-state index contributed by atoms with van der Waals surface area (Å²) < 4.78 is 15.6. The van der Waals surface area contributed by atoms with Crippen LogP contribution in [0.25, 0.3) is 0 Å². The molecule has 0 aromatic heterocycles. The summed E-state index contributed by atoms with van der Waals surface area (Å²) in [7, 11) is 3.06. The molecule has 33 heavy (non-hydrogen) atoms. The van der Waals surface area contributed by atoms with Crippen molar-refractivity contribution in [3.8, 4) is 11.5 Å². The molecular formula is C25H24N2O5S. The van der Waals surface area contributed by atoms with E-state index in [1.807, 2.05) is 36.4 Å². The lowest BCUT2D eigenvalue weighted by Gasteiger charge is -2.32. The van der Waals surface area contributed by atoms with Crippen molar-refractivity contribution >= 4 is 40.7 Å². The monoisotopic (exact) mass is 464 g/mol. The first-order chi connectivity index (χ1) is 16.1. The van der Waals surface area contributed by atoms with Crippen LogP contribution >= 0.6 is 11.8 Å². The highest BCUT2D eigenvalue weighted by Crippen LogP contribution is 2.47. The molecule has 3 aromatic carbocycles. The van der Waals surface area contributed by atoms with Gasteiger partial charge in [-0.05, 0) is 24.3 Å². The van der Waals surface area contributed by atoms with Gasteiger partial charge in [-0.3, -0.25) is 9.59 Å². The largest absolute Gasteiger partial charge is 0.497 e. The van der Waals surface area contributed by atoms with Gasteiger partial charge in [0.25, 0.3) is 5.91 Å². The Bertz CT molecular complexity index is 1100. The van der Waals surface area contributed by atoms with E-state index < -0.39 is 11.9 Å². The van der Waals surface area contributed by atoms with E-state index >= 15 is 0 Å². The second-order valence-electron chi connectivity index (χ2n) is 7.25. The Hall–Kier alpha value is -3.65. The van der Waals surface area contributed by atoms with Crippen LogP contribution in [0.2, 0.25) is 0 Å². The zero-order valence-electron chi connectivity index (χ0n) is 18.4. The molecule has 1 amide bonds. The van der Waals surface area contributed by atoms with Gasteiger partial charge >= 0.3 is 5.97 Å². The van der Waals surface area contributed by atoms with Gasteiger partial charge in [-0.25, -0.2) is 0 Å². The molecule has 1 aliphatic heterocycles. The van der Waals surface area contributed by atoms with Crippen molar-refractivity contribution in [3.63, 3.8) is 0 Å². The molecule has 170 valence electrons. The van der Waals surface area contributed by atoms with Gasteiger partial charge in [-0.15, -0.1) is 0 Å². The maximum absolute atomic E-state index is 12.4. The number of hydrogen-bond acceptors (Lipinski definition) is 7. The van der Waals surface area contributed by atoms with E-state index in [4.69, 9.17) is 14.2 Å². The van der Waals surface area contributed by atoms with Gasteiger partial charge < -0.3 is 24.4 Å². The van der Waals surface area contributed by atoms with Crippen molar-refractivity contribution in [2.24, 2.45) is 0 Å². The molecule has 0 atom stereocenters. The molecule has 1 heterocycles. The second kappa shape index (κ2) is 10.3. The fraction of sp³-hybridized carbons (Fsp3) is 0.200. The number of carbonyl (C=O) groups excluding carboxylic acids is 2. The van der Waals surface area contributed by atoms with E-state index in [9.17, 15) is 9.59 Å². The van der Waals surface area contributed by atoms with E-state index in [2.05, 4.69) is 22.3 Å². The standard InChI is InChI=1S/C25H24N2O5S/c1-30-18-13-17(14-19(15-18)31-2)26-24(28)16-32-25(29)11-12-27-20-7-3-5-9-22(20)33-23-10-6-4-8-21(23)27/h3-10,13-15H,11-12,16H2,1-2H3,(H,26,28). The maximum Gasteiger partial charge on any atom is 0.308 e. The fourth-order valence-electron chi connectivity index (χ4n) is 3.52. The molecule has 0 saturated carbocycles. The number of nitrogens with zero attached hydrogens (tertiary/aromatic N) is 1. The molecule has 4 rings (SSSR count). The molecular weight excluding hydrogens is 440 g/mol. The molecule has 0 aliphatic carbocycles. The summed E-state index contributed by atoms with van der Waals surface area (Å²) >= 11 is 1.71. The van der Waals surface area contributed by atoms with Crippen LogP contribution in [-0.4, -0.2) is 39.2 Å². The van der Waals surface area contributed by atoms with Crippen LogP contribution in [0, 0.1) is 0 Å². The van der Waals surface area contributed by atoms with Crippen LogP contribution in [0.5, 0.6) is 11.5 Å². The number of anilines is 3. The number of methoxy groups -OCH3 is 2. The van der Waals surface area contributed by atoms with E-state index in [1.54, 1.807) is 30.0 Å². The number of rotatable bonds is 8. The van der Waals surface area contributed by atoms with Crippen LogP contribution in [0.4, 0.5) is 17.1 Å². The zero-order chi connectivity index (χ0) is 23.2. The van der Waals surface area contributed by atoms with Crippen LogP contribution in [0.15, 0.2) is 76.5 Å². The van der Waals surface area contributed by atoms with Gasteiger partial charge in [0.15, 0.2) is 6.61 Å². The van der Waals surface area contributed by atoms with Gasteiger partial charge in [-0.2, -0.15) is 0 Å². The third-order valence-corrected chi connectivity index (χ3v) is 6.20. The number of hydrogen-bond donors (Lipinski definition) is 1. The lowest BCUT2D eigenvalue weighted by atomic mass is 10.2. The minimum absolute atomic E-state index is 0.146. The normalized spacial score (nSPS) is 11.8. The van der Waals surface area contributed by atoms with Gasteiger partial charge in [0.1, 0.15) is 11.5 Å². The molecule has 3 aromatic rings. The maximum atomic E-state index is 12.4. The Kier molecular flexibility index (Phi) is 7.04. The predicted molar refractivity (Wildman–Crippen MR) is 128 cm³/mol. The Morgan fingerprint density at radius 1 is 0.879 bits per heavy atom. The molecule has 0 unspecified atom stereocenters. The van der Waals surface area contributed by atoms with Gasteiger partial charge in [-0.1, -0.05) is 36.0 Å². The molecule has 0 radical (unpaired) electrons. The third kappa shape index (κ3) is 5.40. The minimum Gasteiger partial charge on any atom is -0.497 e. The van der Waals surface area contributed by atoms with Gasteiger partial charge in [0.2, 0.25) is 0 Å². The van der Waals surface area contributed by atoms with Gasteiger partial charge in [0.05, 0.1) is 32.0 Å². The summed E-state index contributed by atoms with van der Waals surface area (Å²) in [5.74, 6) is 0.203. The molecule has 8 heteroatoms. The fourth-order valence-corrected chi connectivity index (χ4v) is 4.62. The van der Waals surface area contributed by atoms with Crippen LogP contribution in [-0.2, 0) is 14.3 Å². The lowest BCUT2D eigenvalue weighted by Crippen LogP contribution is -2.26. The van der Waals surface area contributed by atoms with Gasteiger partial charge in [0, 0.05) is 40.2 Å². The topological polar surface area (TPSA) is 77.1 Å². The first kappa shape index (κ1) is 22.5. The Balaban J connectivity index is 1.34. The van der Waals surface area contributed by atoms with Crippen molar-refractivity contribution in [1.29, 1.82) is 0 Å². The molecule has 1 N–H and O–H groups in total. The van der Waals surface area contributed by atoms with Crippen LogP contribution in [0.1, 0.15) is 6.42 Å². The third-order valence-electron chi connectivity index (χ3n) is 5.07. The molecule has 1 aliphatic rings. The number of amides is 1. The number of fused-ring (bicyclic) bond motifs is 2. The van der Waals surface area contributed by atoms with Crippen molar-refractivity contribution in [2.45, 2.75) is 16.2 Å². The molecule has 0 bridgehead atoms. The van der Waals surface area contributed by atoms with Crippen molar-refractivity contribution < 1.29 is 23.8 Å². The average Bonchev–Trinajstić information content (AvgIpc) is 2.84. The van der Waals surface area contributed by atoms with E-state index in [0.717, 1.165) is 21.2 Å². The van der Waals surface area contributed by atoms with Crippen molar-refractivity contribution in [1.82, 2.24) is 0 Å². The lowest BCUT2D eigenvalue weighted by molar-refractivity contribution is -0.147. The summed E-state index contributed by atoms with van der Waals surface area (Å²) in [6, 6.07) is 21.2. The van der Waals surface area contributed by atoms with Crippen LogP contribution < -0.4 is 19.7 Å². The second-order valence-corrected chi connectivity index (χ2v) is 8.33. The van der Waals surface area contributed by atoms with Crippen molar-refractivity contribution in [3.05, 3.63) is 66.7 Å². The Morgan fingerprint density at radius 2 is 1.45 bits per heavy atom.